The van der Waals surface area contributed by atoms with Crippen LogP contribution in [0, 0.1) is 12.8 Å². The summed E-state index contributed by atoms with van der Waals surface area (Å²) in [4.78, 5) is 0.344. The van der Waals surface area contributed by atoms with E-state index in [1.807, 2.05) is 19.9 Å². The number of sulfonamides is 1. The van der Waals surface area contributed by atoms with Crippen LogP contribution >= 0.6 is 31.9 Å². The smallest absolute Gasteiger partial charge is 0.207 e. The van der Waals surface area contributed by atoms with Gasteiger partial charge in [-0.3, -0.25) is 0 Å². The summed E-state index contributed by atoms with van der Waals surface area (Å²) in [6.07, 6.45) is 3.51. The number of aryl methyl sites for hydroxylation is 1. The van der Waals surface area contributed by atoms with Gasteiger partial charge in [-0.2, -0.15) is 4.31 Å². The van der Waals surface area contributed by atoms with Crippen LogP contribution in [0.15, 0.2) is 26.0 Å². The highest BCUT2D eigenvalue weighted by Crippen LogP contribution is 2.33. The molecule has 1 aromatic rings. The summed E-state index contributed by atoms with van der Waals surface area (Å²) >= 11 is 6.80. The van der Waals surface area contributed by atoms with E-state index in [0.29, 0.717) is 28.4 Å². The molecule has 2 rings (SSSR count). The fraction of sp³-hybridized carbons (Fsp3) is 0.571. The minimum Gasteiger partial charge on any atom is -0.207 e. The number of hydrogen-bond donors (Lipinski definition) is 0. The molecule has 6 heteroatoms. The summed E-state index contributed by atoms with van der Waals surface area (Å²) in [5.41, 5.74) is 1.01. The SMILES string of the molecule is CCN(CC1CCC1)S(=O)(=O)c1cc(Br)c(C)cc1Br. The highest BCUT2D eigenvalue weighted by atomic mass is 79.9. The third-order valence-corrected chi connectivity index (χ3v) is 7.62. The van der Waals surface area contributed by atoms with Gasteiger partial charge in [-0.25, -0.2) is 8.42 Å². The van der Waals surface area contributed by atoms with Crippen LogP contribution < -0.4 is 0 Å². The van der Waals surface area contributed by atoms with Crippen LogP contribution in [0.1, 0.15) is 31.7 Å². The lowest BCUT2D eigenvalue weighted by Crippen LogP contribution is -2.37. The highest BCUT2D eigenvalue weighted by Gasteiger charge is 2.30. The predicted octanol–water partition coefficient (Wildman–Crippen LogP) is 4.33. The van der Waals surface area contributed by atoms with Crippen LogP contribution in [0.25, 0.3) is 0 Å². The van der Waals surface area contributed by atoms with Gasteiger partial charge in [-0.1, -0.05) is 29.3 Å². The van der Waals surface area contributed by atoms with Crippen LogP contribution in [0.5, 0.6) is 0 Å². The molecule has 3 nitrogen and oxygen atoms in total. The van der Waals surface area contributed by atoms with Gasteiger partial charge in [0.25, 0.3) is 0 Å². The Hall–Kier alpha value is 0.0900. The molecule has 112 valence electrons. The van der Waals surface area contributed by atoms with E-state index in [1.165, 1.54) is 6.42 Å². The minimum atomic E-state index is -3.44. The van der Waals surface area contributed by atoms with E-state index >= 15 is 0 Å². The van der Waals surface area contributed by atoms with Crippen molar-refractivity contribution in [2.24, 2.45) is 5.92 Å². The van der Waals surface area contributed by atoms with E-state index in [1.54, 1.807) is 10.4 Å². The molecular weight excluding hydrogens is 406 g/mol. The molecule has 0 aromatic heterocycles. The number of rotatable bonds is 5. The first-order valence-corrected chi connectivity index (χ1v) is 9.84. The minimum absolute atomic E-state index is 0.344. The fourth-order valence-corrected chi connectivity index (χ4v) is 5.49. The summed E-state index contributed by atoms with van der Waals surface area (Å²) < 4.78 is 28.6. The molecule has 0 unspecified atom stereocenters. The summed E-state index contributed by atoms with van der Waals surface area (Å²) in [6.45, 7) is 4.98. The van der Waals surface area contributed by atoms with Gasteiger partial charge in [-0.05, 0) is 59.3 Å². The van der Waals surface area contributed by atoms with E-state index in [-0.39, 0.29) is 0 Å². The molecule has 0 atom stereocenters. The number of halogens is 2. The molecule has 1 aliphatic rings. The normalized spacial score (nSPS) is 16.4. The van der Waals surface area contributed by atoms with Crippen molar-refractivity contribution in [1.29, 1.82) is 0 Å². The highest BCUT2D eigenvalue weighted by molar-refractivity contribution is 9.11. The maximum atomic E-state index is 12.8. The summed E-state index contributed by atoms with van der Waals surface area (Å²) in [7, 11) is -3.44. The Morgan fingerprint density at radius 1 is 1.25 bits per heavy atom. The molecule has 1 saturated carbocycles. The quantitative estimate of drug-likeness (QED) is 0.705. The lowest BCUT2D eigenvalue weighted by molar-refractivity contribution is 0.250. The zero-order valence-corrected chi connectivity index (χ0v) is 15.7. The van der Waals surface area contributed by atoms with Crippen molar-refractivity contribution >= 4 is 41.9 Å². The largest absolute Gasteiger partial charge is 0.244 e. The van der Waals surface area contributed by atoms with Gasteiger partial charge in [0.05, 0.1) is 4.90 Å². The van der Waals surface area contributed by atoms with Crippen molar-refractivity contribution in [3.63, 3.8) is 0 Å². The van der Waals surface area contributed by atoms with Crippen molar-refractivity contribution in [3.8, 4) is 0 Å². The monoisotopic (exact) mass is 423 g/mol. The predicted molar refractivity (Wildman–Crippen MR) is 88.4 cm³/mol. The molecule has 1 aromatic carbocycles. The van der Waals surface area contributed by atoms with Crippen LogP contribution in [0.2, 0.25) is 0 Å². The van der Waals surface area contributed by atoms with Gasteiger partial charge in [0.1, 0.15) is 0 Å². The Balaban J connectivity index is 2.34. The molecule has 0 saturated heterocycles. The standard InChI is InChI=1S/C14H19Br2NO2S/c1-3-17(9-11-5-4-6-11)20(18,19)14-8-12(15)10(2)7-13(14)16/h7-8,11H,3-6,9H2,1-2H3. The maximum Gasteiger partial charge on any atom is 0.244 e. The van der Waals surface area contributed by atoms with Crippen LogP contribution in [0.4, 0.5) is 0 Å². The molecule has 0 radical (unpaired) electrons. The topological polar surface area (TPSA) is 37.4 Å². The first kappa shape index (κ1) is 16.5. The van der Waals surface area contributed by atoms with E-state index in [2.05, 4.69) is 31.9 Å². The molecule has 1 aliphatic carbocycles. The van der Waals surface area contributed by atoms with Crippen molar-refractivity contribution in [2.75, 3.05) is 13.1 Å². The first-order valence-electron chi connectivity index (χ1n) is 6.82. The lowest BCUT2D eigenvalue weighted by atomic mass is 9.85. The zero-order chi connectivity index (χ0) is 14.9. The van der Waals surface area contributed by atoms with E-state index in [0.717, 1.165) is 22.9 Å². The van der Waals surface area contributed by atoms with Gasteiger partial charge in [0.15, 0.2) is 0 Å². The molecular formula is C14H19Br2NO2S. The van der Waals surface area contributed by atoms with E-state index < -0.39 is 10.0 Å². The van der Waals surface area contributed by atoms with E-state index in [4.69, 9.17) is 0 Å². The molecule has 1 fully saturated rings. The Kier molecular flexibility index (Phi) is 5.32. The molecule has 0 heterocycles. The third kappa shape index (κ3) is 3.29. The average molecular weight is 425 g/mol. The molecule has 0 aliphatic heterocycles. The number of nitrogens with zero attached hydrogens (tertiary/aromatic N) is 1. The first-order chi connectivity index (χ1) is 9.36. The van der Waals surface area contributed by atoms with E-state index in [9.17, 15) is 8.42 Å². The van der Waals surface area contributed by atoms with Gasteiger partial charge < -0.3 is 0 Å². The molecule has 0 spiro atoms. The van der Waals surface area contributed by atoms with Gasteiger partial charge in [0, 0.05) is 22.0 Å². The van der Waals surface area contributed by atoms with Gasteiger partial charge in [-0.15, -0.1) is 0 Å². The van der Waals surface area contributed by atoms with Crippen LogP contribution in [-0.2, 0) is 10.0 Å². The average Bonchev–Trinajstić information content (AvgIpc) is 2.32. The summed E-state index contributed by atoms with van der Waals surface area (Å²) in [5.74, 6) is 0.525. The van der Waals surface area contributed by atoms with Crippen LogP contribution in [0.3, 0.4) is 0 Å². The third-order valence-electron chi connectivity index (χ3n) is 3.87. The molecule has 0 bridgehead atoms. The Labute approximate surface area is 138 Å². The van der Waals surface area contributed by atoms with Crippen molar-refractivity contribution in [1.82, 2.24) is 4.31 Å². The van der Waals surface area contributed by atoms with Crippen molar-refractivity contribution < 1.29 is 8.42 Å². The maximum absolute atomic E-state index is 12.8. The number of hydrogen-bond acceptors (Lipinski definition) is 2. The van der Waals surface area contributed by atoms with Crippen LogP contribution in [-0.4, -0.2) is 25.8 Å². The van der Waals surface area contributed by atoms with Gasteiger partial charge >= 0.3 is 0 Å². The second-order valence-corrected chi connectivity index (χ2v) is 8.90. The Morgan fingerprint density at radius 2 is 1.90 bits per heavy atom. The fourth-order valence-electron chi connectivity index (χ4n) is 2.33. The summed E-state index contributed by atoms with van der Waals surface area (Å²) in [5, 5.41) is 0. The number of benzene rings is 1. The Morgan fingerprint density at radius 3 is 2.40 bits per heavy atom. The molecule has 0 N–H and O–H groups in total. The second kappa shape index (κ2) is 6.46. The van der Waals surface area contributed by atoms with Crippen molar-refractivity contribution in [3.05, 3.63) is 26.6 Å². The Bertz CT molecular complexity index is 597. The van der Waals surface area contributed by atoms with Crippen molar-refractivity contribution in [2.45, 2.75) is 38.0 Å². The molecule has 0 amide bonds. The lowest BCUT2D eigenvalue weighted by Gasteiger charge is -2.31. The second-order valence-electron chi connectivity index (χ2n) is 5.28. The molecule has 20 heavy (non-hydrogen) atoms. The zero-order valence-electron chi connectivity index (χ0n) is 11.7. The summed E-state index contributed by atoms with van der Waals surface area (Å²) in [6, 6.07) is 3.53. The van der Waals surface area contributed by atoms with Gasteiger partial charge in [0.2, 0.25) is 10.0 Å².